The maximum atomic E-state index is 2.54. The first-order chi connectivity index (χ1) is 33.7. The van der Waals surface area contributed by atoms with Crippen molar-refractivity contribution in [1.29, 1.82) is 0 Å². The number of para-hydroxylation sites is 3. The van der Waals surface area contributed by atoms with Crippen LogP contribution in [0.4, 0.5) is 17.1 Å². The van der Waals surface area contributed by atoms with E-state index in [9.17, 15) is 0 Å². The van der Waals surface area contributed by atoms with Crippen molar-refractivity contribution in [3.8, 4) is 39.1 Å². The maximum Gasteiger partial charge on any atom is 0.0748 e. The number of nitrogens with zero attached hydrogens (tertiary/aromatic N) is 2. The summed E-state index contributed by atoms with van der Waals surface area (Å²) in [5, 5.41) is 2.58. The van der Waals surface area contributed by atoms with Gasteiger partial charge in [-0.15, -0.1) is 0 Å². The fourth-order valence-electron chi connectivity index (χ4n) is 13.0. The number of benzene rings is 10. The third-order valence-electron chi connectivity index (χ3n) is 16.3. The summed E-state index contributed by atoms with van der Waals surface area (Å²) in [6.45, 7) is 9.56. The smallest absolute Gasteiger partial charge is 0.0748 e. The van der Waals surface area contributed by atoms with Gasteiger partial charge in [-0.05, 0) is 132 Å². The molecule has 1 unspecified atom stereocenters. The lowest BCUT2D eigenvalue weighted by atomic mass is 9.53. The molecule has 1 atom stereocenters. The standard InChI is InChI=1S/C67H50N2/c1-65(2)54-22-10-8-19-50(54)51-39-38-49(42-60(51)65)68(47-34-29-44(30-35-47)43-17-6-5-7-18-43)48-36-31-45(32-37-48)46-33-40-56-61(41-46)67(57-24-12-11-23-55(57)66(56,3)4)58-25-13-15-28-63(58)69-62-27-14-9-20-52(62)53-21-16-26-59(67)64(53)69/h5-42H,1-4H3. The van der Waals surface area contributed by atoms with Crippen molar-refractivity contribution < 1.29 is 0 Å². The fourth-order valence-corrected chi connectivity index (χ4v) is 13.0. The van der Waals surface area contributed by atoms with Crippen LogP contribution in [0.3, 0.4) is 0 Å². The van der Waals surface area contributed by atoms with Gasteiger partial charge in [-0.3, -0.25) is 0 Å². The molecule has 0 N–H and O–H groups in total. The Hall–Kier alpha value is -8.20. The highest BCUT2D eigenvalue weighted by molar-refractivity contribution is 6.12. The van der Waals surface area contributed by atoms with Gasteiger partial charge in [0.25, 0.3) is 0 Å². The zero-order chi connectivity index (χ0) is 46.2. The van der Waals surface area contributed by atoms with Gasteiger partial charge in [0, 0.05) is 38.7 Å². The van der Waals surface area contributed by atoms with Gasteiger partial charge in [0.05, 0.1) is 22.1 Å². The third kappa shape index (κ3) is 5.43. The first kappa shape index (κ1) is 39.9. The zero-order valence-corrected chi connectivity index (χ0v) is 39.3. The molecule has 2 heteroatoms. The second-order valence-corrected chi connectivity index (χ2v) is 20.4. The molecule has 69 heavy (non-hydrogen) atoms. The van der Waals surface area contributed by atoms with Crippen LogP contribution in [0.15, 0.2) is 231 Å². The highest BCUT2D eigenvalue weighted by Crippen LogP contribution is 2.61. The number of fused-ring (bicyclic) bond motifs is 14. The van der Waals surface area contributed by atoms with Crippen LogP contribution in [0.25, 0.3) is 60.9 Å². The zero-order valence-electron chi connectivity index (χ0n) is 39.3. The van der Waals surface area contributed by atoms with E-state index in [-0.39, 0.29) is 10.8 Å². The number of rotatable bonds is 5. The highest BCUT2D eigenvalue weighted by atomic mass is 15.1. The van der Waals surface area contributed by atoms with E-state index in [4.69, 9.17) is 0 Å². The molecule has 2 aliphatic carbocycles. The summed E-state index contributed by atoms with van der Waals surface area (Å²) in [5.74, 6) is 0. The van der Waals surface area contributed by atoms with Crippen LogP contribution < -0.4 is 4.90 Å². The number of aromatic nitrogens is 1. The fraction of sp³-hybridized carbons (Fsp3) is 0.104. The van der Waals surface area contributed by atoms with Crippen molar-refractivity contribution in [2.75, 3.05) is 4.90 Å². The van der Waals surface area contributed by atoms with Gasteiger partial charge in [0.15, 0.2) is 0 Å². The Balaban J connectivity index is 0.946. The topological polar surface area (TPSA) is 8.17 Å². The van der Waals surface area contributed by atoms with Crippen molar-refractivity contribution >= 4 is 38.9 Å². The molecule has 0 saturated carbocycles. The van der Waals surface area contributed by atoms with Crippen LogP contribution in [0, 0.1) is 0 Å². The minimum atomic E-state index is -0.554. The summed E-state index contributed by atoms with van der Waals surface area (Å²) in [5.41, 5.74) is 24.6. The number of anilines is 3. The largest absolute Gasteiger partial charge is 0.310 e. The van der Waals surface area contributed by atoms with Gasteiger partial charge in [0.2, 0.25) is 0 Å². The molecule has 0 bridgehead atoms. The molecule has 3 aliphatic rings. The van der Waals surface area contributed by atoms with Crippen molar-refractivity contribution in [1.82, 2.24) is 4.57 Å². The normalized spacial score (nSPS) is 16.4. The summed E-state index contributed by atoms with van der Waals surface area (Å²) in [6, 6.07) is 86.7. The summed E-state index contributed by atoms with van der Waals surface area (Å²) in [6.07, 6.45) is 0. The van der Waals surface area contributed by atoms with Gasteiger partial charge in [-0.2, -0.15) is 0 Å². The minimum Gasteiger partial charge on any atom is -0.310 e. The van der Waals surface area contributed by atoms with Crippen LogP contribution in [-0.2, 0) is 16.2 Å². The van der Waals surface area contributed by atoms with E-state index in [1.165, 1.54) is 105 Å². The molecule has 1 aromatic heterocycles. The van der Waals surface area contributed by atoms with Gasteiger partial charge in [0.1, 0.15) is 0 Å². The van der Waals surface area contributed by atoms with Gasteiger partial charge < -0.3 is 9.47 Å². The van der Waals surface area contributed by atoms with Crippen molar-refractivity contribution in [3.63, 3.8) is 0 Å². The average molecular weight is 883 g/mol. The Morgan fingerprint density at radius 3 is 1.61 bits per heavy atom. The van der Waals surface area contributed by atoms with E-state index >= 15 is 0 Å². The van der Waals surface area contributed by atoms with E-state index in [2.05, 4.69) is 268 Å². The van der Waals surface area contributed by atoms with E-state index in [1.54, 1.807) is 0 Å². The average Bonchev–Trinajstić information content (AvgIpc) is 3.86. The van der Waals surface area contributed by atoms with Crippen molar-refractivity contribution in [3.05, 3.63) is 275 Å². The molecule has 328 valence electrons. The maximum absolute atomic E-state index is 2.54. The predicted octanol–water partition coefficient (Wildman–Crippen LogP) is 17.2. The highest BCUT2D eigenvalue weighted by Gasteiger charge is 2.52. The monoisotopic (exact) mass is 882 g/mol. The molecule has 1 aliphatic heterocycles. The van der Waals surface area contributed by atoms with E-state index in [1.807, 2.05) is 0 Å². The first-order valence-corrected chi connectivity index (χ1v) is 24.4. The lowest BCUT2D eigenvalue weighted by Crippen LogP contribution is -2.44. The number of hydrogen-bond donors (Lipinski definition) is 0. The molecule has 11 aromatic rings. The van der Waals surface area contributed by atoms with Crippen LogP contribution in [0.2, 0.25) is 0 Å². The van der Waals surface area contributed by atoms with Crippen LogP contribution in [-0.4, -0.2) is 4.57 Å². The minimum absolute atomic E-state index is 0.117. The Kier molecular flexibility index (Phi) is 8.33. The number of hydrogen-bond acceptors (Lipinski definition) is 1. The second kappa shape index (κ2) is 14.4. The van der Waals surface area contributed by atoms with E-state index < -0.39 is 5.41 Å². The van der Waals surface area contributed by atoms with Crippen LogP contribution in [0.1, 0.15) is 72.2 Å². The van der Waals surface area contributed by atoms with E-state index in [0.717, 1.165) is 17.1 Å². The lowest BCUT2D eigenvalue weighted by Gasteiger charge is -2.50. The molecule has 14 rings (SSSR count). The third-order valence-corrected chi connectivity index (χ3v) is 16.3. The Morgan fingerprint density at radius 2 is 0.841 bits per heavy atom. The molecule has 2 heterocycles. The molecule has 1 spiro atoms. The first-order valence-electron chi connectivity index (χ1n) is 24.4. The SMILES string of the molecule is CC1(C)c2ccccc2-c2ccc(N(c3ccc(-c4ccccc4)cc3)c3ccc(-c4ccc5c(c4)C4(c6ccccc6-n6c7ccccc7c7cccc4c76)c4ccccc4C5(C)C)cc3)cc21. The molecule has 0 radical (unpaired) electrons. The van der Waals surface area contributed by atoms with Crippen molar-refractivity contribution in [2.45, 2.75) is 43.9 Å². The molecule has 0 amide bonds. The summed E-state index contributed by atoms with van der Waals surface area (Å²) < 4.78 is 2.53. The predicted molar refractivity (Wildman–Crippen MR) is 288 cm³/mol. The molecule has 10 aromatic carbocycles. The quantitative estimate of drug-likeness (QED) is 0.167. The summed E-state index contributed by atoms with van der Waals surface area (Å²) >= 11 is 0. The van der Waals surface area contributed by atoms with Gasteiger partial charge in [-0.25, -0.2) is 0 Å². The Labute approximate surface area is 404 Å². The molecular weight excluding hydrogens is 833 g/mol. The second-order valence-electron chi connectivity index (χ2n) is 20.4. The summed E-state index contributed by atoms with van der Waals surface area (Å²) in [4.78, 5) is 2.43. The molecule has 0 fully saturated rings. The molecule has 0 saturated heterocycles. The van der Waals surface area contributed by atoms with Crippen LogP contribution in [0.5, 0.6) is 0 Å². The summed E-state index contributed by atoms with van der Waals surface area (Å²) in [7, 11) is 0. The molecular formula is C67H50N2. The van der Waals surface area contributed by atoms with Crippen LogP contribution >= 0.6 is 0 Å². The molecule has 2 nitrogen and oxygen atoms in total. The van der Waals surface area contributed by atoms with E-state index in [0.29, 0.717) is 0 Å². The Morgan fingerprint density at radius 1 is 0.319 bits per heavy atom. The lowest BCUT2D eigenvalue weighted by molar-refractivity contribution is 0.556. The van der Waals surface area contributed by atoms with Gasteiger partial charge in [-0.1, -0.05) is 204 Å². The van der Waals surface area contributed by atoms with Gasteiger partial charge >= 0.3 is 0 Å². The Bertz CT molecular complexity index is 3890. The van der Waals surface area contributed by atoms with Crippen molar-refractivity contribution in [2.24, 2.45) is 0 Å².